The molecule has 8 heteroatoms. The average Bonchev–Trinajstić information content (AvgIpc) is 3.43. The second-order valence-electron chi connectivity index (χ2n) is 9.17. The van der Waals surface area contributed by atoms with Gasteiger partial charge in [0, 0.05) is 29.0 Å². The number of nitrogens with zero attached hydrogens (tertiary/aromatic N) is 4. The van der Waals surface area contributed by atoms with Crippen molar-refractivity contribution >= 4 is 34.4 Å². The van der Waals surface area contributed by atoms with Gasteiger partial charge in [-0.25, -0.2) is 9.98 Å². The zero-order valence-electron chi connectivity index (χ0n) is 20.9. The molecule has 0 saturated carbocycles. The third-order valence-corrected chi connectivity index (χ3v) is 8.10. The van der Waals surface area contributed by atoms with Gasteiger partial charge in [0.25, 0.3) is 0 Å². The van der Waals surface area contributed by atoms with E-state index in [9.17, 15) is 4.79 Å². The lowest BCUT2D eigenvalue weighted by Gasteiger charge is -2.38. The van der Waals surface area contributed by atoms with Crippen molar-refractivity contribution in [3.63, 3.8) is 0 Å². The van der Waals surface area contributed by atoms with Crippen LogP contribution in [0.25, 0.3) is 0 Å². The molecule has 2 aliphatic heterocycles. The highest BCUT2D eigenvalue weighted by atomic mass is 32.1. The number of aromatic nitrogens is 2. The highest BCUT2D eigenvalue weighted by Gasteiger charge is 2.37. The number of aryl methyl sites for hydroxylation is 1. The van der Waals surface area contributed by atoms with Gasteiger partial charge in [0.1, 0.15) is 24.3 Å². The molecule has 2 aliphatic rings. The van der Waals surface area contributed by atoms with E-state index in [1.54, 1.807) is 12.3 Å². The van der Waals surface area contributed by atoms with Gasteiger partial charge in [-0.2, -0.15) is 0 Å². The van der Waals surface area contributed by atoms with Crippen LogP contribution in [-0.4, -0.2) is 58.8 Å². The van der Waals surface area contributed by atoms with Crippen LogP contribution in [0.2, 0.25) is 0 Å². The van der Waals surface area contributed by atoms with Crippen LogP contribution in [0.4, 0.5) is 5.82 Å². The summed E-state index contributed by atoms with van der Waals surface area (Å²) >= 11 is 1.48. The maximum absolute atomic E-state index is 12.5. The number of thiazole rings is 1. The Morgan fingerprint density at radius 1 is 1.35 bits per heavy atom. The van der Waals surface area contributed by atoms with Crippen molar-refractivity contribution in [1.29, 1.82) is 0 Å². The van der Waals surface area contributed by atoms with Crippen LogP contribution in [0.3, 0.4) is 0 Å². The Morgan fingerprint density at radius 2 is 2.09 bits per heavy atom. The first-order chi connectivity index (χ1) is 16.4. The van der Waals surface area contributed by atoms with Gasteiger partial charge >= 0.3 is 0 Å². The molecule has 1 saturated heterocycles. The second-order valence-corrected chi connectivity index (χ2v) is 10.1. The molecular weight excluding hydrogens is 446 g/mol. The van der Waals surface area contributed by atoms with E-state index < -0.39 is 0 Å². The van der Waals surface area contributed by atoms with Crippen molar-refractivity contribution in [3.8, 4) is 0 Å². The zero-order chi connectivity index (χ0) is 24.4. The third kappa shape index (κ3) is 4.66. The minimum atomic E-state index is -0.218. The first-order valence-corrected chi connectivity index (χ1v) is 13.0. The third-order valence-electron chi connectivity index (χ3n) is 7.25. The van der Waals surface area contributed by atoms with Gasteiger partial charge in [0.15, 0.2) is 0 Å². The lowest BCUT2D eigenvalue weighted by molar-refractivity contribution is 0.105. The Hall–Kier alpha value is -2.58. The molecular formula is C26H35N5O2S. The molecule has 2 aromatic rings. The van der Waals surface area contributed by atoms with Crippen LogP contribution in [0.5, 0.6) is 0 Å². The van der Waals surface area contributed by atoms with E-state index in [2.05, 4.69) is 47.4 Å². The molecule has 0 aliphatic carbocycles. The minimum Gasteiger partial charge on any atom is -0.399 e. The standard InChI is InChI=1S/C26H35N5O2S/c1-7-19-15(3)24-23(18-9-11-31(8-2)12-10-18)16(4)20(29-26(24)28-19)13-22-27-21(14-34-22)25(32)17(5)30-33-6/h14,18,23,28H,4,7-13H2,1-3,5-6H3. The number of carbonyl (C=O) groups is 1. The highest BCUT2D eigenvalue weighted by molar-refractivity contribution is 7.10. The van der Waals surface area contributed by atoms with Crippen molar-refractivity contribution in [1.82, 2.24) is 14.9 Å². The molecule has 7 nitrogen and oxygen atoms in total. The minimum absolute atomic E-state index is 0.218. The molecule has 182 valence electrons. The van der Waals surface area contributed by atoms with Gasteiger partial charge in [0.05, 0.1) is 10.7 Å². The smallest absolute Gasteiger partial charge is 0.229 e. The number of likely N-dealkylation sites (tertiary alicyclic amines) is 1. The van der Waals surface area contributed by atoms with E-state index in [-0.39, 0.29) is 17.4 Å². The van der Waals surface area contributed by atoms with Crippen LogP contribution in [0, 0.1) is 12.8 Å². The fourth-order valence-corrected chi connectivity index (χ4v) is 6.08. The number of aliphatic imine (C=N–C) groups is 1. The first kappa shape index (κ1) is 24.5. The van der Waals surface area contributed by atoms with Crippen molar-refractivity contribution in [3.05, 3.63) is 45.1 Å². The van der Waals surface area contributed by atoms with Gasteiger partial charge in [-0.3, -0.25) is 4.79 Å². The number of aromatic amines is 1. The maximum atomic E-state index is 12.5. The first-order valence-electron chi connectivity index (χ1n) is 12.1. The Balaban J connectivity index is 1.63. The molecule has 1 N–H and O–H groups in total. The topological polar surface area (TPSA) is 82.9 Å². The molecule has 0 aromatic carbocycles. The normalized spacial score (nSPS) is 19.8. The molecule has 1 unspecified atom stereocenters. The number of piperidine rings is 1. The summed E-state index contributed by atoms with van der Waals surface area (Å²) < 4.78 is 0. The van der Waals surface area contributed by atoms with Gasteiger partial charge < -0.3 is 14.7 Å². The van der Waals surface area contributed by atoms with Crippen LogP contribution in [-0.2, 0) is 17.7 Å². The van der Waals surface area contributed by atoms with E-state index in [4.69, 9.17) is 9.83 Å². The molecule has 0 radical (unpaired) electrons. The molecule has 34 heavy (non-hydrogen) atoms. The van der Waals surface area contributed by atoms with E-state index >= 15 is 0 Å². The number of Topliss-reactive ketones (excluding diaryl/α,β-unsaturated/α-hetero) is 1. The number of fused-ring (bicyclic) bond motifs is 1. The summed E-state index contributed by atoms with van der Waals surface area (Å²) in [5.41, 5.74) is 6.68. The van der Waals surface area contributed by atoms with Crippen molar-refractivity contribution in [2.45, 2.75) is 59.3 Å². The Labute approximate surface area is 206 Å². The zero-order valence-corrected chi connectivity index (χ0v) is 21.7. The fourth-order valence-electron chi connectivity index (χ4n) is 5.31. The SMILES string of the molecule is C=C1C(Cc2nc(C(=O)C(C)=NOC)cs2)=Nc2[nH]c(CC)c(C)c2C1C1CCN(CC)CC1. The van der Waals surface area contributed by atoms with Crippen molar-refractivity contribution < 1.29 is 9.63 Å². The van der Waals surface area contributed by atoms with Crippen LogP contribution in [0.15, 0.2) is 27.7 Å². The molecule has 0 amide bonds. The number of nitrogens with one attached hydrogen (secondary N) is 1. The molecule has 4 rings (SSSR count). The summed E-state index contributed by atoms with van der Waals surface area (Å²) in [5.74, 6) is 1.59. The lowest BCUT2D eigenvalue weighted by Crippen LogP contribution is -2.37. The van der Waals surface area contributed by atoms with Crippen LogP contribution < -0.4 is 0 Å². The lowest BCUT2D eigenvalue weighted by atomic mass is 9.72. The summed E-state index contributed by atoms with van der Waals surface area (Å²) in [4.78, 5) is 33.0. The molecule has 1 fully saturated rings. The summed E-state index contributed by atoms with van der Waals surface area (Å²) in [6.45, 7) is 16.2. The fraction of sp³-hybridized carbons (Fsp3) is 0.538. The number of ketones is 1. The van der Waals surface area contributed by atoms with Gasteiger partial charge in [0.2, 0.25) is 5.78 Å². The molecule has 0 spiro atoms. The largest absolute Gasteiger partial charge is 0.399 e. The molecule has 0 bridgehead atoms. The number of hydrogen-bond acceptors (Lipinski definition) is 7. The number of rotatable bonds is 8. The Kier molecular flexibility index (Phi) is 7.48. The maximum Gasteiger partial charge on any atom is 0.229 e. The van der Waals surface area contributed by atoms with Crippen LogP contribution >= 0.6 is 11.3 Å². The summed E-state index contributed by atoms with van der Waals surface area (Å²) in [7, 11) is 1.43. The van der Waals surface area contributed by atoms with Gasteiger partial charge in [-0.1, -0.05) is 25.6 Å². The van der Waals surface area contributed by atoms with E-state index in [1.165, 1.54) is 48.1 Å². The Morgan fingerprint density at radius 3 is 2.74 bits per heavy atom. The van der Waals surface area contributed by atoms with Crippen molar-refractivity contribution in [2.75, 3.05) is 26.7 Å². The summed E-state index contributed by atoms with van der Waals surface area (Å²) in [6, 6.07) is 0. The van der Waals surface area contributed by atoms with Gasteiger partial charge in [-0.05, 0) is 69.8 Å². The van der Waals surface area contributed by atoms with Gasteiger partial charge in [-0.15, -0.1) is 11.3 Å². The molecule has 2 aromatic heterocycles. The van der Waals surface area contributed by atoms with E-state index in [0.717, 1.165) is 48.2 Å². The summed E-state index contributed by atoms with van der Waals surface area (Å²) in [5, 5.41) is 6.39. The number of H-pyrrole nitrogens is 1. The second kappa shape index (κ2) is 10.4. The van der Waals surface area contributed by atoms with Crippen molar-refractivity contribution in [2.24, 2.45) is 16.1 Å². The van der Waals surface area contributed by atoms with E-state index in [1.807, 2.05) is 0 Å². The van der Waals surface area contributed by atoms with Crippen LogP contribution in [0.1, 0.15) is 71.8 Å². The average molecular weight is 482 g/mol. The quantitative estimate of drug-likeness (QED) is 0.317. The predicted molar refractivity (Wildman–Crippen MR) is 139 cm³/mol. The Bertz CT molecular complexity index is 1130. The number of allylic oxidation sites excluding steroid dienone is 1. The monoisotopic (exact) mass is 481 g/mol. The predicted octanol–water partition coefficient (Wildman–Crippen LogP) is 5.25. The molecule has 1 atom stereocenters. The highest BCUT2D eigenvalue weighted by Crippen LogP contribution is 2.47. The number of oxime groups is 1. The summed E-state index contributed by atoms with van der Waals surface area (Å²) in [6.07, 6.45) is 3.87. The number of carbonyl (C=O) groups excluding carboxylic acids is 1. The van der Waals surface area contributed by atoms with E-state index in [0.29, 0.717) is 18.0 Å². The number of hydrogen-bond donors (Lipinski definition) is 1. The molecule has 4 heterocycles.